The molecule has 0 unspecified atom stereocenters. The standard InChI is InChI=1S/C16H22N2O2S2/c1-2-14(19)17-7-5-12(6-8-17)10-18-15(20)11-22-16(18)13-4-3-9-21-13/h3-4,9,12,16H,2,5-8,10-11H2,1H3/t16-/m0/s1. The minimum Gasteiger partial charge on any atom is -0.343 e. The normalized spacial score (nSPS) is 23.3. The summed E-state index contributed by atoms with van der Waals surface area (Å²) in [4.78, 5) is 29.2. The predicted molar refractivity (Wildman–Crippen MR) is 90.8 cm³/mol. The first-order chi connectivity index (χ1) is 10.7. The first-order valence-electron chi connectivity index (χ1n) is 7.91. The van der Waals surface area contributed by atoms with Gasteiger partial charge in [-0.25, -0.2) is 0 Å². The summed E-state index contributed by atoms with van der Waals surface area (Å²) in [6, 6.07) is 4.17. The Bertz CT molecular complexity index is 524. The van der Waals surface area contributed by atoms with E-state index in [1.807, 2.05) is 11.8 Å². The lowest BCUT2D eigenvalue weighted by atomic mass is 9.96. The van der Waals surface area contributed by atoms with Crippen LogP contribution >= 0.6 is 23.1 Å². The third-order valence-electron chi connectivity index (χ3n) is 4.48. The Balaban J connectivity index is 1.58. The van der Waals surface area contributed by atoms with Crippen LogP contribution in [0.4, 0.5) is 0 Å². The molecule has 0 saturated carbocycles. The number of amides is 2. The van der Waals surface area contributed by atoms with E-state index in [1.54, 1.807) is 23.1 Å². The lowest BCUT2D eigenvalue weighted by Gasteiger charge is -2.35. The molecule has 0 radical (unpaired) electrons. The van der Waals surface area contributed by atoms with Crippen LogP contribution < -0.4 is 0 Å². The molecule has 3 rings (SSSR count). The van der Waals surface area contributed by atoms with E-state index in [0.29, 0.717) is 18.1 Å². The highest BCUT2D eigenvalue weighted by atomic mass is 32.2. The molecule has 1 atom stereocenters. The molecule has 0 bridgehead atoms. The zero-order valence-electron chi connectivity index (χ0n) is 12.9. The minimum absolute atomic E-state index is 0.197. The molecule has 120 valence electrons. The van der Waals surface area contributed by atoms with Gasteiger partial charge in [0.15, 0.2) is 0 Å². The molecule has 0 N–H and O–H groups in total. The van der Waals surface area contributed by atoms with Crippen molar-refractivity contribution in [3.63, 3.8) is 0 Å². The van der Waals surface area contributed by atoms with Crippen LogP contribution in [-0.4, -0.2) is 47.0 Å². The van der Waals surface area contributed by atoms with E-state index in [4.69, 9.17) is 0 Å². The average molecular weight is 338 g/mol. The zero-order valence-corrected chi connectivity index (χ0v) is 14.5. The van der Waals surface area contributed by atoms with E-state index >= 15 is 0 Å². The second kappa shape index (κ2) is 7.04. The smallest absolute Gasteiger partial charge is 0.233 e. The molecule has 4 nitrogen and oxygen atoms in total. The highest BCUT2D eigenvalue weighted by Crippen LogP contribution is 2.41. The number of likely N-dealkylation sites (tertiary alicyclic amines) is 1. The molecule has 2 fully saturated rings. The van der Waals surface area contributed by atoms with Crippen molar-refractivity contribution in [3.05, 3.63) is 22.4 Å². The van der Waals surface area contributed by atoms with Crippen molar-refractivity contribution in [1.82, 2.24) is 9.80 Å². The van der Waals surface area contributed by atoms with Crippen LogP contribution in [0.2, 0.25) is 0 Å². The molecule has 22 heavy (non-hydrogen) atoms. The van der Waals surface area contributed by atoms with Gasteiger partial charge >= 0.3 is 0 Å². The highest BCUT2D eigenvalue weighted by molar-refractivity contribution is 8.00. The topological polar surface area (TPSA) is 40.6 Å². The van der Waals surface area contributed by atoms with Crippen LogP contribution in [-0.2, 0) is 9.59 Å². The summed E-state index contributed by atoms with van der Waals surface area (Å²) in [6.45, 7) is 4.44. The van der Waals surface area contributed by atoms with Crippen LogP contribution in [0.25, 0.3) is 0 Å². The van der Waals surface area contributed by atoms with Gasteiger partial charge in [-0.15, -0.1) is 23.1 Å². The number of hydrogen-bond donors (Lipinski definition) is 0. The Hall–Kier alpha value is -1.01. The SMILES string of the molecule is CCC(=O)N1CCC(CN2C(=O)CS[C@H]2c2cccs2)CC1. The van der Waals surface area contributed by atoms with Crippen LogP contribution in [0.3, 0.4) is 0 Å². The van der Waals surface area contributed by atoms with Crippen LogP contribution in [0.5, 0.6) is 0 Å². The Morgan fingerprint density at radius 1 is 1.36 bits per heavy atom. The molecule has 0 spiro atoms. The average Bonchev–Trinajstić information content (AvgIpc) is 3.18. The van der Waals surface area contributed by atoms with Gasteiger partial charge in [0.05, 0.1) is 5.75 Å². The van der Waals surface area contributed by atoms with Crippen LogP contribution in [0, 0.1) is 5.92 Å². The molecule has 1 aromatic rings. The maximum atomic E-state index is 12.2. The van der Waals surface area contributed by atoms with Crippen molar-refractivity contribution in [3.8, 4) is 0 Å². The fourth-order valence-corrected chi connectivity index (χ4v) is 5.36. The van der Waals surface area contributed by atoms with Crippen molar-refractivity contribution in [2.24, 2.45) is 5.92 Å². The Morgan fingerprint density at radius 2 is 2.14 bits per heavy atom. The fraction of sp³-hybridized carbons (Fsp3) is 0.625. The van der Waals surface area contributed by atoms with Crippen molar-refractivity contribution >= 4 is 34.9 Å². The molecule has 2 amide bonds. The van der Waals surface area contributed by atoms with Gasteiger partial charge in [-0.2, -0.15) is 0 Å². The van der Waals surface area contributed by atoms with Crippen molar-refractivity contribution in [2.75, 3.05) is 25.4 Å². The second-order valence-corrected chi connectivity index (χ2v) is 7.95. The number of nitrogens with zero attached hydrogens (tertiary/aromatic N) is 2. The van der Waals surface area contributed by atoms with Crippen LogP contribution in [0.15, 0.2) is 17.5 Å². The second-order valence-electron chi connectivity index (χ2n) is 5.90. The number of rotatable bonds is 4. The van der Waals surface area contributed by atoms with Gasteiger partial charge < -0.3 is 9.80 Å². The lowest BCUT2D eigenvalue weighted by molar-refractivity contribution is -0.133. The largest absolute Gasteiger partial charge is 0.343 e. The number of hydrogen-bond acceptors (Lipinski definition) is 4. The van der Waals surface area contributed by atoms with Crippen molar-refractivity contribution in [2.45, 2.75) is 31.6 Å². The van der Waals surface area contributed by atoms with E-state index in [0.717, 1.165) is 32.5 Å². The van der Waals surface area contributed by atoms with Crippen molar-refractivity contribution < 1.29 is 9.59 Å². The first-order valence-corrected chi connectivity index (χ1v) is 9.84. The quantitative estimate of drug-likeness (QED) is 0.847. The molecule has 6 heteroatoms. The maximum Gasteiger partial charge on any atom is 0.233 e. The van der Waals surface area contributed by atoms with Gasteiger partial charge in [0.1, 0.15) is 5.37 Å². The molecule has 1 aromatic heterocycles. The summed E-state index contributed by atoms with van der Waals surface area (Å²) in [5, 5.41) is 2.27. The first kappa shape index (κ1) is 15.9. The molecule has 2 aliphatic rings. The maximum absolute atomic E-state index is 12.2. The number of carbonyl (C=O) groups is 2. The van der Waals surface area contributed by atoms with Gasteiger partial charge in [0, 0.05) is 30.9 Å². The minimum atomic E-state index is 0.197. The van der Waals surface area contributed by atoms with Gasteiger partial charge in [0.2, 0.25) is 11.8 Å². The Labute approximate surface area is 139 Å². The predicted octanol–water partition coefficient (Wildman–Crippen LogP) is 2.97. The van der Waals surface area contributed by atoms with Gasteiger partial charge in [-0.05, 0) is 30.2 Å². The van der Waals surface area contributed by atoms with E-state index in [9.17, 15) is 9.59 Å². The molecule has 2 saturated heterocycles. The Morgan fingerprint density at radius 3 is 2.77 bits per heavy atom. The summed E-state index contributed by atoms with van der Waals surface area (Å²) in [7, 11) is 0. The fourth-order valence-electron chi connectivity index (χ4n) is 3.19. The molecular formula is C16H22N2O2S2. The van der Waals surface area contributed by atoms with E-state index in [1.165, 1.54) is 4.88 Å². The number of piperidine rings is 1. The molecule has 2 aliphatic heterocycles. The number of carbonyl (C=O) groups excluding carboxylic acids is 2. The number of thiophene rings is 1. The van der Waals surface area contributed by atoms with E-state index < -0.39 is 0 Å². The lowest BCUT2D eigenvalue weighted by Crippen LogP contribution is -2.42. The molecule has 0 aliphatic carbocycles. The van der Waals surface area contributed by atoms with Crippen LogP contribution in [0.1, 0.15) is 36.4 Å². The summed E-state index contributed by atoms with van der Waals surface area (Å²) in [5.74, 6) is 1.62. The summed E-state index contributed by atoms with van der Waals surface area (Å²) < 4.78 is 0. The molecular weight excluding hydrogens is 316 g/mol. The summed E-state index contributed by atoms with van der Waals surface area (Å²) in [5.41, 5.74) is 0. The molecule has 0 aromatic carbocycles. The van der Waals surface area contributed by atoms with Gasteiger partial charge in [0.25, 0.3) is 0 Å². The van der Waals surface area contributed by atoms with Gasteiger partial charge in [-0.1, -0.05) is 13.0 Å². The van der Waals surface area contributed by atoms with E-state index in [2.05, 4.69) is 22.4 Å². The van der Waals surface area contributed by atoms with Gasteiger partial charge in [-0.3, -0.25) is 9.59 Å². The highest BCUT2D eigenvalue weighted by Gasteiger charge is 2.35. The number of thioether (sulfide) groups is 1. The third kappa shape index (κ3) is 3.33. The monoisotopic (exact) mass is 338 g/mol. The summed E-state index contributed by atoms with van der Waals surface area (Å²) in [6.07, 6.45) is 2.61. The zero-order chi connectivity index (χ0) is 15.5. The van der Waals surface area contributed by atoms with Crippen molar-refractivity contribution in [1.29, 1.82) is 0 Å². The van der Waals surface area contributed by atoms with E-state index in [-0.39, 0.29) is 17.2 Å². The Kier molecular flexibility index (Phi) is 5.08. The summed E-state index contributed by atoms with van der Waals surface area (Å²) >= 11 is 3.46. The molecule has 3 heterocycles. The third-order valence-corrected chi connectivity index (χ3v) is 6.79.